The first-order chi connectivity index (χ1) is 16.8. The number of nitrogens with zero attached hydrogens (tertiary/aromatic N) is 1. The number of carbonyl (C=O) groups excluding carboxylic acids is 1. The van der Waals surface area contributed by atoms with E-state index in [-0.39, 0.29) is 11.4 Å². The molecule has 4 nitrogen and oxygen atoms in total. The summed E-state index contributed by atoms with van der Waals surface area (Å²) in [5.74, 6) is -0.104. The summed E-state index contributed by atoms with van der Waals surface area (Å²) in [6.07, 6.45) is 1.98. The molecular formula is C27H22Cl3N3OS. The predicted molar refractivity (Wildman–Crippen MR) is 150 cm³/mol. The molecule has 1 saturated heterocycles. The Kier molecular flexibility index (Phi) is 6.78. The summed E-state index contributed by atoms with van der Waals surface area (Å²) in [5, 5.41) is 9.20. The minimum Gasteiger partial charge on any atom is -0.356 e. The second-order valence-corrected chi connectivity index (χ2v) is 10.8. The van der Waals surface area contributed by atoms with Crippen LogP contribution in [0.2, 0.25) is 15.1 Å². The summed E-state index contributed by atoms with van der Waals surface area (Å²) in [4.78, 5) is 13.5. The fraction of sp³-hybridized carbons (Fsp3) is 0.148. The van der Waals surface area contributed by atoms with E-state index in [4.69, 9.17) is 34.8 Å². The number of aromatic nitrogens is 1. The number of thioether (sulfide) groups is 1. The van der Waals surface area contributed by atoms with Crippen LogP contribution >= 0.6 is 46.6 Å². The highest BCUT2D eigenvalue weighted by Gasteiger charge is 2.28. The largest absolute Gasteiger partial charge is 0.356 e. The molecular weight excluding hydrogens is 521 g/mol. The number of para-hydroxylation sites is 1. The minimum absolute atomic E-state index is 0.104. The van der Waals surface area contributed by atoms with Crippen molar-refractivity contribution in [1.82, 2.24) is 9.88 Å². The highest BCUT2D eigenvalue weighted by atomic mass is 35.5. The van der Waals surface area contributed by atoms with E-state index in [0.717, 1.165) is 39.0 Å². The van der Waals surface area contributed by atoms with Crippen LogP contribution in [0.4, 0.5) is 5.69 Å². The second kappa shape index (κ2) is 9.82. The Labute approximate surface area is 223 Å². The summed E-state index contributed by atoms with van der Waals surface area (Å²) >= 11 is 20.0. The van der Waals surface area contributed by atoms with E-state index < -0.39 is 0 Å². The molecule has 35 heavy (non-hydrogen) atoms. The van der Waals surface area contributed by atoms with E-state index in [1.54, 1.807) is 0 Å². The van der Waals surface area contributed by atoms with Gasteiger partial charge >= 0.3 is 0 Å². The molecule has 5 rings (SSSR count). The Morgan fingerprint density at radius 1 is 1.03 bits per heavy atom. The average molecular weight is 543 g/mol. The highest BCUT2D eigenvalue weighted by Crippen LogP contribution is 2.35. The molecule has 2 heterocycles. The van der Waals surface area contributed by atoms with Crippen molar-refractivity contribution in [2.45, 2.75) is 25.9 Å². The van der Waals surface area contributed by atoms with Crippen molar-refractivity contribution < 1.29 is 4.79 Å². The average Bonchev–Trinajstić information content (AvgIpc) is 3.30. The Balaban J connectivity index is 1.47. The summed E-state index contributed by atoms with van der Waals surface area (Å²) in [5.41, 5.74) is 5.91. The van der Waals surface area contributed by atoms with Crippen LogP contribution in [0.1, 0.15) is 22.4 Å². The van der Waals surface area contributed by atoms with E-state index in [1.807, 2.05) is 61.5 Å². The molecule has 0 aliphatic carbocycles. The van der Waals surface area contributed by atoms with Gasteiger partial charge in [-0.15, -0.1) is 0 Å². The quantitative estimate of drug-likeness (QED) is 0.252. The number of hydrogen-bond donors (Lipinski definition) is 2. The van der Waals surface area contributed by atoms with Crippen LogP contribution in [0.5, 0.6) is 0 Å². The van der Waals surface area contributed by atoms with Gasteiger partial charge in [0.05, 0.1) is 15.0 Å². The molecule has 0 saturated carbocycles. The standard InChI is InChI=1S/C27H22Cl3N3OS/c1-15-7-9-18(28)12-23(15)31-27-32-26(34)25(35-27)13-20-16(2)33(24-6-4-3-5-19(20)24)14-17-8-10-21(29)22(30)11-17/h3-13,27,31H,14H2,1-2H3,(H,32,34)/b25-13-. The Morgan fingerprint density at radius 3 is 2.63 bits per heavy atom. The Hall–Kier alpha value is -2.57. The van der Waals surface area contributed by atoms with E-state index in [0.29, 0.717) is 26.5 Å². The molecule has 1 aliphatic rings. The smallest absolute Gasteiger partial charge is 0.260 e. The number of rotatable bonds is 5. The van der Waals surface area contributed by atoms with Gasteiger partial charge in [0.2, 0.25) is 0 Å². The third-order valence-electron chi connectivity index (χ3n) is 6.10. The van der Waals surface area contributed by atoms with Gasteiger partial charge in [0.25, 0.3) is 5.91 Å². The van der Waals surface area contributed by atoms with Crippen molar-refractivity contribution in [2.75, 3.05) is 5.32 Å². The van der Waals surface area contributed by atoms with Gasteiger partial charge in [0.15, 0.2) is 5.50 Å². The molecule has 3 aromatic carbocycles. The molecule has 4 aromatic rings. The van der Waals surface area contributed by atoms with Crippen molar-refractivity contribution in [3.8, 4) is 0 Å². The maximum Gasteiger partial charge on any atom is 0.260 e. The molecule has 1 amide bonds. The summed E-state index contributed by atoms with van der Waals surface area (Å²) in [6.45, 7) is 4.72. The number of fused-ring (bicyclic) bond motifs is 1. The van der Waals surface area contributed by atoms with E-state index in [9.17, 15) is 4.79 Å². The lowest BCUT2D eigenvalue weighted by molar-refractivity contribution is -0.116. The number of nitrogens with one attached hydrogen (secondary N) is 2. The maximum absolute atomic E-state index is 12.8. The van der Waals surface area contributed by atoms with Gasteiger partial charge in [-0.2, -0.15) is 0 Å². The molecule has 2 N–H and O–H groups in total. The fourth-order valence-electron chi connectivity index (χ4n) is 4.25. The van der Waals surface area contributed by atoms with Gasteiger partial charge in [0.1, 0.15) is 0 Å². The molecule has 0 radical (unpaired) electrons. The predicted octanol–water partition coefficient (Wildman–Crippen LogP) is 7.87. The van der Waals surface area contributed by atoms with Gasteiger partial charge < -0.3 is 15.2 Å². The Bertz CT molecular complexity index is 1490. The third-order valence-corrected chi connectivity index (χ3v) is 8.10. The number of aryl methyl sites for hydroxylation is 1. The number of anilines is 1. The lowest BCUT2D eigenvalue weighted by atomic mass is 10.1. The molecule has 8 heteroatoms. The third kappa shape index (κ3) is 4.91. The monoisotopic (exact) mass is 541 g/mol. The van der Waals surface area contributed by atoms with Gasteiger partial charge in [-0.25, -0.2) is 0 Å². The normalized spacial score (nSPS) is 16.8. The second-order valence-electron chi connectivity index (χ2n) is 8.43. The van der Waals surface area contributed by atoms with Crippen LogP contribution in [0.15, 0.2) is 65.6 Å². The first-order valence-corrected chi connectivity index (χ1v) is 13.0. The molecule has 1 aromatic heterocycles. The zero-order valence-corrected chi connectivity index (χ0v) is 22.1. The summed E-state index contributed by atoms with van der Waals surface area (Å²) < 4.78 is 2.24. The van der Waals surface area contributed by atoms with Crippen molar-refractivity contribution in [2.24, 2.45) is 0 Å². The molecule has 1 atom stereocenters. The summed E-state index contributed by atoms with van der Waals surface area (Å²) in [7, 11) is 0. The van der Waals surface area contributed by atoms with E-state index in [2.05, 4.69) is 34.3 Å². The van der Waals surface area contributed by atoms with Crippen molar-refractivity contribution in [3.63, 3.8) is 0 Å². The van der Waals surface area contributed by atoms with Crippen LogP contribution in [0.3, 0.4) is 0 Å². The number of hydrogen-bond acceptors (Lipinski definition) is 3. The number of halogens is 3. The first-order valence-electron chi connectivity index (χ1n) is 11.0. The molecule has 0 spiro atoms. The first kappa shape index (κ1) is 24.1. The van der Waals surface area contributed by atoms with Crippen LogP contribution < -0.4 is 10.6 Å². The zero-order chi connectivity index (χ0) is 24.7. The molecule has 1 unspecified atom stereocenters. The summed E-state index contributed by atoms with van der Waals surface area (Å²) in [6, 6.07) is 19.6. The van der Waals surface area contributed by atoms with Crippen molar-refractivity contribution >= 4 is 75.1 Å². The van der Waals surface area contributed by atoms with Crippen molar-refractivity contribution in [3.05, 3.63) is 103 Å². The lowest BCUT2D eigenvalue weighted by Gasteiger charge is -2.15. The van der Waals surface area contributed by atoms with Gasteiger partial charge in [-0.1, -0.05) is 76.9 Å². The van der Waals surface area contributed by atoms with Crippen LogP contribution in [-0.2, 0) is 11.3 Å². The molecule has 1 fully saturated rings. The van der Waals surface area contributed by atoms with Gasteiger partial charge in [-0.3, -0.25) is 4.79 Å². The molecule has 178 valence electrons. The number of benzene rings is 3. The van der Waals surface area contributed by atoms with Crippen LogP contribution in [0.25, 0.3) is 17.0 Å². The van der Waals surface area contributed by atoms with Gasteiger partial charge in [0, 0.05) is 39.4 Å². The maximum atomic E-state index is 12.8. The molecule has 0 bridgehead atoms. The Morgan fingerprint density at radius 2 is 1.83 bits per heavy atom. The van der Waals surface area contributed by atoms with Crippen LogP contribution in [0, 0.1) is 13.8 Å². The van der Waals surface area contributed by atoms with Crippen LogP contribution in [-0.4, -0.2) is 16.0 Å². The van der Waals surface area contributed by atoms with E-state index in [1.165, 1.54) is 11.8 Å². The van der Waals surface area contributed by atoms with E-state index >= 15 is 0 Å². The fourth-order valence-corrected chi connectivity index (χ4v) is 5.70. The van der Waals surface area contributed by atoms with Gasteiger partial charge in [-0.05, 0) is 61.4 Å². The zero-order valence-electron chi connectivity index (χ0n) is 19.0. The highest BCUT2D eigenvalue weighted by molar-refractivity contribution is 8.05. The topological polar surface area (TPSA) is 46.1 Å². The minimum atomic E-state index is -0.282. The van der Waals surface area contributed by atoms with Crippen molar-refractivity contribution in [1.29, 1.82) is 0 Å². The number of carbonyl (C=O) groups is 1. The SMILES string of the molecule is Cc1ccc(Cl)cc1NC1NC(=O)/C(=C/c2c(C)n(Cc3ccc(Cl)c(Cl)c3)c3ccccc23)S1. The number of amides is 1. The molecule has 1 aliphatic heterocycles. The lowest BCUT2D eigenvalue weighted by Crippen LogP contribution is -2.31.